The highest BCUT2D eigenvalue weighted by Crippen LogP contribution is 2.46. The quantitative estimate of drug-likeness (QED) is 0.471. The zero-order chi connectivity index (χ0) is 25.9. The van der Waals surface area contributed by atoms with E-state index in [2.05, 4.69) is 4.57 Å². The number of fused-ring (bicyclic) bond motifs is 3. The van der Waals surface area contributed by atoms with Gasteiger partial charge in [-0.2, -0.15) is 0 Å². The number of aryl methyl sites for hydroxylation is 1. The molecule has 9 heteroatoms. The monoisotopic (exact) mass is 491 g/mol. The van der Waals surface area contributed by atoms with E-state index >= 15 is 0 Å². The van der Waals surface area contributed by atoms with Gasteiger partial charge in [0.25, 0.3) is 5.56 Å². The van der Waals surface area contributed by atoms with Crippen LogP contribution in [0.3, 0.4) is 0 Å². The molecule has 0 saturated heterocycles. The molecule has 36 heavy (non-hydrogen) atoms. The Bertz CT molecular complexity index is 1610. The van der Waals surface area contributed by atoms with Crippen molar-refractivity contribution in [1.29, 1.82) is 0 Å². The number of methoxy groups -OCH3 is 2. The van der Waals surface area contributed by atoms with Crippen LogP contribution in [0.15, 0.2) is 52.1 Å². The van der Waals surface area contributed by atoms with Crippen LogP contribution in [-0.4, -0.2) is 39.6 Å². The molecule has 1 N–H and O–H groups in total. The van der Waals surface area contributed by atoms with Crippen LogP contribution in [0.1, 0.15) is 31.2 Å². The maximum Gasteiger partial charge on any atom is 0.331 e. The molecular formula is C27H29N3O6. The van der Waals surface area contributed by atoms with Gasteiger partial charge in [0, 0.05) is 14.1 Å². The van der Waals surface area contributed by atoms with E-state index < -0.39 is 17.3 Å². The third kappa shape index (κ3) is 3.34. The fourth-order valence-electron chi connectivity index (χ4n) is 5.13. The molecule has 4 aromatic rings. The highest BCUT2D eigenvalue weighted by molar-refractivity contribution is 5.97. The van der Waals surface area contributed by atoms with Gasteiger partial charge in [-0.1, -0.05) is 6.07 Å². The van der Waals surface area contributed by atoms with E-state index in [9.17, 15) is 14.7 Å². The van der Waals surface area contributed by atoms with Crippen LogP contribution in [-0.2, 0) is 24.4 Å². The van der Waals surface area contributed by atoms with E-state index in [4.69, 9.17) is 14.2 Å². The van der Waals surface area contributed by atoms with Gasteiger partial charge in [0.1, 0.15) is 11.9 Å². The number of rotatable bonds is 4. The summed E-state index contributed by atoms with van der Waals surface area (Å²) in [6.07, 6.45) is -0.611. The van der Waals surface area contributed by atoms with Crippen LogP contribution in [0.25, 0.3) is 22.2 Å². The van der Waals surface area contributed by atoms with Gasteiger partial charge in [-0.25, -0.2) is 4.79 Å². The molecule has 188 valence electrons. The van der Waals surface area contributed by atoms with Crippen molar-refractivity contribution in [2.45, 2.75) is 25.5 Å². The summed E-state index contributed by atoms with van der Waals surface area (Å²) in [4.78, 5) is 26.7. The van der Waals surface area contributed by atoms with E-state index in [0.29, 0.717) is 40.4 Å². The number of hydrogen-bond acceptors (Lipinski definition) is 6. The summed E-state index contributed by atoms with van der Waals surface area (Å²) in [6, 6.07) is 12.6. The lowest BCUT2D eigenvalue weighted by molar-refractivity contribution is -0.00716. The van der Waals surface area contributed by atoms with Crippen LogP contribution in [0.2, 0.25) is 0 Å². The average Bonchev–Trinajstić information content (AvgIpc) is 3.24. The van der Waals surface area contributed by atoms with Gasteiger partial charge in [-0.3, -0.25) is 13.9 Å². The van der Waals surface area contributed by atoms with E-state index in [1.54, 1.807) is 32.4 Å². The first kappa shape index (κ1) is 23.7. The van der Waals surface area contributed by atoms with Crippen LogP contribution >= 0.6 is 0 Å². The molecule has 3 heterocycles. The predicted molar refractivity (Wildman–Crippen MR) is 136 cm³/mol. The van der Waals surface area contributed by atoms with Gasteiger partial charge in [-0.05, 0) is 61.4 Å². The second kappa shape index (κ2) is 8.30. The molecule has 5 rings (SSSR count). The number of ether oxygens (including phenoxy) is 3. The third-order valence-corrected chi connectivity index (χ3v) is 6.94. The molecule has 1 aliphatic rings. The zero-order valence-corrected chi connectivity index (χ0v) is 21.2. The number of aromatic hydroxyl groups is 1. The maximum absolute atomic E-state index is 13.7. The summed E-state index contributed by atoms with van der Waals surface area (Å²) >= 11 is 0. The Labute approximate surface area is 207 Å². The SMILES string of the molecule is COc1ccc(-c2c3c(=O)n(C)c(=O)n(C)c3c3n2C(C)(C)CO[C@@H]3c2ccc(O)c(OC)c2)cc1. The van der Waals surface area contributed by atoms with Crippen molar-refractivity contribution in [2.75, 3.05) is 20.8 Å². The molecule has 0 bridgehead atoms. The third-order valence-electron chi connectivity index (χ3n) is 6.94. The van der Waals surface area contributed by atoms with Gasteiger partial charge in [0.2, 0.25) is 0 Å². The highest BCUT2D eigenvalue weighted by Gasteiger charge is 2.40. The van der Waals surface area contributed by atoms with Crippen molar-refractivity contribution in [3.8, 4) is 28.5 Å². The lowest BCUT2D eigenvalue weighted by atomic mass is 9.97. The van der Waals surface area contributed by atoms with Crippen LogP contribution in [0.5, 0.6) is 17.2 Å². The minimum atomic E-state index is -0.611. The standard InChI is InChI=1S/C27H29N3O6/c1-27(2)14-36-24(16-9-12-18(31)19(13-16)35-6)23-22-20(25(32)29(4)26(33)28(22)3)21(30(23)27)15-7-10-17(34-5)11-8-15/h7-13,24,31H,14H2,1-6H3/t24-/m1/s1. The van der Waals surface area contributed by atoms with E-state index in [0.717, 1.165) is 15.7 Å². The fourth-order valence-corrected chi connectivity index (χ4v) is 5.13. The van der Waals surface area contributed by atoms with Crippen molar-refractivity contribution < 1.29 is 19.3 Å². The molecule has 2 aromatic heterocycles. The first-order valence-electron chi connectivity index (χ1n) is 11.6. The number of benzene rings is 2. The molecule has 1 aliphatic heterocycles. The second-order valence-corrected chi connectivity index (χ2v) is 9.66. The summed E-state index contributed by atoms with van der Waals surface area (Å²) in [6.45, 7) is 4.43. The summed E-state index contributed by atoms with van der Waals surface area (Å²) in [5.41, 5.74) is 2.13. The van der Waals surface area contributed by atoms with Crippen molar-refractivity contribution in [1.82, 2.24) is 13.7 Å². The Balaban J connectivity index is 1.95. The van der Waals surface area contributed by atoms with Gasteiger partial charge in [0.15, 0.2) is 11.5 Å². The molecule has 9 nitrogen and oxygen atoms in total. The number of phenols is 1. The molecule has 0 aliphatic carbocycles. The minimum absolute atomic E-state index is 0.0119. The van der Waals surface area contributed by atoms with Gasteiger partial charge in [-0.15, -0.1) is 0 Å². The topological polar surface area (TPSA) is 96.9 Å². The largest absolute Gasteiger partial charge is 0.504 e. The van der Waals surface area contributed by atoms with Crippen molar-refractivity contribution >= 4 is 10.9 Å². The molecule has 0 radical (unpaired) electrons. The molecule has 0 saturated carbocycles. The fraction of sp³-hybridized carbons (Fsp3) is 0.333. The predicted octanol–water partition coefficient (Wildman–Crippen LogP) is 3.28. The highest BCUT2D eigenvalue weighted by atomic mass is 16.5. The number of nitrogens with zero attached hydrogens (tertiary/aromatic N) is 3. The van der Waals surface area contributed by atoms with Crippen LogP contribution < -0.4 is 20.7 Å². The summed E-state index contributed by atoms with van der Waals surface area (Å²) < 4.78 is 21.8. The Morgan fingerprint density at radius 3 is 2.33 bits per heavy atom. The molecule has 0 unspecified atom stereocenters. The van der Waals surface area contributed by atoms with Gasteiger partial charge < -0.3 is 23.9 Å². The molecule has 0 fully saturated rings. The Morgan fingerprint density at radius 1 is 1.00 bits per heavy atom. The normalized spacial score (nSPS) is 16.7. The summed E-state index contributed by atoms with van der Waals surface area (Å²) in [5, 5.41) is 10.6. The van der Waals surface area contributed by atoms with Crippen molar-refractivity contribution in [2.24, 2.45) is 14.1 Å². The first-order chi connectivity index (χ1) is 17.1. The Morgan fingerprint density at radius 2 is 1.69 bits per heavy atom. The molecular weight excluding hydrogens is 462 g/mol. The molecule has 1 atom stereocenters. The van der Waals surface area contributed by atoms with Crippen molar-refractivity contribution in [3.63, 3.8) is 0 Å². The van der Waals surface area contributed by atoms with Crippen molar-refractivity contribution in [3.05, 3.63) is 74.6 Å². The number of phenolic OH excluding ortho intramolecular Hbond substituents is 1. The van der Waals surface area contributed by atoms with Gasteiger partial charge >= 0.3 is 5.69 Å². The average molecular weight is 492 g/mol. The number of hydrogen-bond donors (Lipinski definition) is 1. The smallest absolute Gasteiger partial charge is 0.331 e. The van der Waals surface area contributed by atoms with E-state index in [-0.39, 0.29) is 11.3 Å². The van der Waals surface area contributed by atoms with Crippen LogP contribution in [0, 0.1) is 0 Å². The molecule has 2 aromatic carbocycles. The Kier molecular flexibility index (Phi) is 5.48. The second-order valence-electron chi connectivity index (χ2n) is 9.66. The number of aromatic nitrogens is 3. The molecule has 0 amide bonds. The first-order valence-corrected chi connectivity index (χ1v) is 11.6. The summed E-state index contributed by atoms with van der Waals surface area (Å²) in [5.74, 6) is 1.02. The molecule has 0 spiro atoms. The lowest BCUT2D eigenvalue weighted by Crippen LogP contribution is -2.40. The minimum Gasteiger partial charge on any atom is -0.504 e. The Hall–Kier alpha value is -3.98. The maximum atomic E-state index is 13.7. The van der Waals surface area contributed by atoms with Crippen LogP contribution in [0.4, 0.5) is 0 Å². The summed E-state index contributed by atoms with van der Waals surface area (Å²) in [7, 11) is 6.24. The lowest BCUT2D eigenvalue weighted by Gasteiger charge is -2.39. The van der Waals surface area contributed by atoms with E-state index in [1.165, 1.54) is 18.7 Å². The van der Waals surface area contributed by atoms with E-state index in [1.807, 2.05) is 38.1 Å². The van der Waals surface area contributed by atoms with Gasteiger partial charge in [0.05, 0.1) is 48.7 Å². The zero-order valence-electron chi connectivity index (χ0n) is 21.2.